The molecule has 0 heterocycles. The van der Waals surface area contributed by atoms with Crippen LogP contribution in [-0.4, -0.2) is 33.2 Å². The first kappa shape index (κ1) is 25.1. The minimum absolute atomic E-state index is 0.155. The van der Waals surface area contributed by atoms with Crippen molar-refractivity contribution in [3.05, 3.63) is 95.0 Å². The fourth-order valence-corrected chi connectivity index (χ4v) is 5.72. The van der Waals surface area contributed by atoms with Crippen LogP contribution >= 0.6 is 23.4 Å². The van der Waals surface area contributed by atoms with Crippen LogP contribution in [0, 0.1) is 0 Å². The number of anilines is 1. The highest BCUT2D eigenvalue weighted by Crippen LogP contribution is 2.27. The molecular weight excluding hydrogens is 476 g/mol. The molecule has 0 aromatic heterocycles. The quantitative estimate of drug-likeness (QED) is 0.368. The van der Waals surface area contributed by atoms with Gasteiger partial charge in [0.15, 0.2) is 0 Å². The Morgan fingerprint density at radius 1 is 0.970 bits per heavy atom. The van der Waals surface area contributed by atoms with Gasteiger partial charge in [0, 0.05) is 23.1 Å². The van der Waals surface area contributed by atoms with E-state index in [0.29, 0.717) is 29.4 Å². The first-order valence-electron chi connectivity index (χ1n) is 10.7. The normalized spacial score (nSPS) is 11.2. The monoisotopic (exact) mass is 502 g/mol. The standard InChI is InChI=1S/C25H27ClN2O3S2/c1-2-21-8-6-7-11-24(21)28(33(30,31)23-9-4-3-5-10-23)18-25(29)27-16-17-32-19-20-12-14-22(26)15-13-20/h3-15H,2,16-19H2,1H3,(H,27,29). The van der Waals surface area contributed by atoms with Gasteiger partial charge < -0.3 is 5.32 Å². The zero-order valence-electron chi connectivity index (χ0n) is 18.4. The number of aryl methyl sites for hydroxylation is 1. The Morgan fingerprint density at radius 3 is 2.33 bits per heavy atom. The molecule has 8 heteroatoms. The van der Waals surface area contributed by atoms with Crippen LogP contribution in [0.4, 0.5) is 5.69 Å². The van der Waals surface area contributed by atoms with Gasteiger partial charge in [-0.3, -0.25) is 9.10 Å². The molecule has 0 saturated heterocycles. The number of hydrogen-bond acceptors (Lipinski definition) is 4. The van der Waals surface area contributed by atoms with Crippen LogP contribution in [-0.2, 0) is 27.0 Å². The Hall–Kier alpha value is -2.48. The summed E-state index contributed by atoms with van der Waals surface area (Å²) in [5, 5.41) is 3.56. The molecule has 1 amide bonds. The first-order valence-corrected chi connectivity index (χ1v) is 13.6. The van der Waals surface area contributed by atoms with E-state index in [9.17, 15) is 13.2 Å². The first-order chi connectivity index (χ1) is 15.9. The van der Waals surface area contributed by atoms with Crippen LogP contribution in [0.2, 0.25) is 5.02 Å². The van der Waals surface area contributed by atoms with E-state index in [1.807, 2.05) is 43.3 Å². The fourth-order valence-electron chi connectivity index (χ4n) is 3.29. The molecule has 3 rings (SSSR count). The maximum absolute atomic E-state index is 13.4. The van der Waals surface area contributed by atoms with E-state index < -0.39 is 10.0 Å². The second-order valence-electron chi connectivity index (χ2n) is 7.34. The van der Waals surface area contributed by atoms with Gasteiger partial charge >= 0.3 is 0 Å². The van der Waals surface area contributed by atoms with Gasteiger partial charge in [-0.15, -0.1) is 0 Å². The van der Waals surface area contributed by atoms with E-state index in [-0.39, 0.29) is 17.3 Å². The lowest BCUT2D eigenvalue weighted by atomic mass is 10.1. The van der Waals surface area contributed by atoms with Crippen molar-refractivity contribution in [3.8, 4) is 0 Å². The third-order valence-corrected chi connectivity index (χ3v) is 8.07. The molecule has 0 fully saturated rings. The Balaban J connectivity index is 1.66. The summed E-state index contributed by atoms with van der Waals surface area (Å²) in [4.78, 5) is 12.9. The Kier molecular flexibility index (Phi) is 9.23. The van der Waals surface area contributed by atoms with Gasteiger partial charge in [0.1, 0.15) is 6.54 Å². The van der Waals surface area contributed by atoms with Gasteiger partial charge in [0.25, 0.3) is 10.0 Å². The summed E-state index contributed by atoms with van der Waals surface area (Å²) in [5.41, 5.74) is 2.55. The lowest BCUT2D eigenvalue weighted by Gasteiger charge is -2.26. The van der Waals surface area contributed by atoms with Crippen molar-refractivity contribution in [2.75, 3.05) is 23.1 Å². The number of benzene rings is 3. The summed E-state index contributed by atoms with van der Waals surface area (Å²) in [5.74, 6) is 1.18. The molecule has 33 heavy (non-hydrogen) atoms. The second-order valence-corrected chi connectivity index (χ2v) is 10.7. The molecule has 0 aliphatic rings. The average Bonchev–Trinajstić information content (AvgIpc) is 2.84. The molecule has 0 bridgehead atoms. The van der Waals surface area contributed by atoms with E-state index in [0.717, 1.165) is 16.9 Å². The molecule has 0 atom stereocenters. The molecule has 0 aliphatic carbocycles. The van der Waals surface area contributed by atoms with Gasteiger partial charge in [0.2, 0.25) is 5.91 Å². The van der Waals surface area contributed by atoms with Crippen LogP contribution in [0.5, 0.6) is 0 Å². The maximum Gasteiger partial charge on any atom is 0.264 e. The summed E-state index contributed by atoms with van der Waals surface area (Å²) >= 11 is 7.59. The molecule has 0 aliphatic heterocycles. The van der Waals surface area contributed by atoms with Crippen molar-refractivity contribution in [2.45, 2.75) is 24.0 Å². The van der Waals surface area contributed by atoms with Crippen LogP contribution in [0.3, 0.4) is 0 Å². The lowest BCUT2D eigenvalue weighted by molar-refractivity contribution is -0.119. The number of hydrogen-bond donors (Lipinski definition) is 1. The van der Waals surface area contributed by atoms with Crippen LogP contribution in [0.25, 0.3) is 0 Å². The summed E-state index contributed by atoms with van der Waals surface area (Å²) in [6, 6.07) is 23.1. The van der Waals surface area contributed by atoms with E-state index in [4.69, 9.17) is 11.6 Å². The maximum atomic E-state index is 13.4. The highest BCUT2D eigenvalue weighted by molar-refractivity contribution is 7.98. The zero-order valence-corrected chi connectivity index (χ0v) is 20.8. The molecule has 5 nitrogen and oxygen atoms in total. The van der Waals surface area contributed by atoms with E-state index in [1.165, 1.54) is 4.31 Å². The molecule has 0 radical (unpaired) electrons. The molecular formula is C25H27ClN2O3S2. The number of amides is 1. The summed E-state index contributed by atoms with van der Waals surface area (Å²) in [6.07, 6.45) is 0.653. The van der Waals surface area contributed by atoms with E-state index in [2.05, 4.69) is 5.32 Å². The highest BCUT2D eigenvalue weighted by Gasteiger charge is 2.28. The van der Waals surface area contributed by atoms with Crippen molar-refractivity contribution >= 4 is 45.0 Å². The SMILES string of the molecule is CCc1ccccc1N(CC(=O)NCCSCc1ccc(Cl)cc1)S(=O)(=O)c1ccccc1. The smallest absolute Gasteiger partial charge is 0.264 e. The number of sulfonamides is 1. The topological polar surface area (TPSA) is 66.5 Å². The summed E-state index contributed by atoms with van der Waals surface area (Å²) in [6.45, 7) is 2.13. The molecule has 3 aromatic rings. The van der Waals surface area contributed by atoms with Gasteiger partial charge in [-0.25, -0.2) is 8.42 Å². The van der Waals surface area contributed by atoms with Crippen LogP contribution in [0.15, 0.2) is 83.8 Å². The van der Waals surface area contributed by atoms with Crippen molar-refractivity contribution in [3.63, 3.8) is 0 Å². The lowest BCUT2D eigenvalue weighted by Crippen LogP contribution is -2.41. The molecule has 0 spiro atoms. The van der Waals surface area contributed by atoms with Gasteiger partial charge in [0.05, 0.1) is 10.6 Å². The third kappa shape index (κ3) is 7.00. The third-order valence-electron chi connectivity index (χ3n) is 5.01. The average molecular weight is 503 g/mol. The van der Waals surface area contributed by atoms with E-state index in [1.54, 1.807) is 54.2 Å². The molecule has 174 valence electrons. The molecule has 0 unspecified atom stereocenters. The largest absolute Gasteiger partial charge is 0.354 e. The highest BCUT2D eigenvalue weighted by atomic mass is 35.5. The number of para-hydroxylation sites is 1. The van der Waals surface area contributed by atoms with E-state index >= 15 is 0 Å². The van der Waals surface area contributed by atoms with Gasteiger partial charge in [-0.05, 0) is 47.9 Å². The minimum atomic E-state index is -3.90. The van der Waals surface area contributed by atoms with Crippen molar-refractivity contribution in [1.29, 1.82) is 0 Å². The number of thioether (sulfide) groups is 1. The van der Waals surface area contributed by atoms with Crippen molar-refractivity contribution in [1.82, 2.24) is 5.32 Å². The second kappa shape index (κ2) is 12.1. The Bertz CT molecular complexity index is 1150. The predicted octanol–water partition coefficient (Wildman–Crippen LogP) is 5.15. The van der Waals surface area contributed by atoms with Crippen molar-refractivity contribution in [2.24, 2.45) is 0 Å². The van der Waals surface area contributed by atoms with Crippen LogP contribution < -0.4 is 9.62 Å². The number of halogens is 1. The number of rotatable bonds is 11. The zero-order chi connectivity index (χ0) is 23.7. The predicted molar refractivity (Wildman–Crippen MR) is 137 cm³/mol. The van der Waals surface area contributed by atoms with Gasteiger partial charge in [-0.2, -0.15) is 11.8 Å². The molecule has 0 saturated carbocycles. The minimum Gasteiger partial charge on any atom is -0.354 e. The summed E-state index contributed by atoms with van der Waals surface area (Å²) < 4.78 is 28.1. The van der Waals surface area contributed by atoms with Crippen molar-refractivity contribution < 1.29 is 13.2 Å². The number of carbonyl (C=O) groups excluding carboxylic acids is 1. The van der Waals surface area contributed by atoms with Crippen LogP contribution in [0.1, 0.15) is 18.1 Å². The molecule has 3 aromatic carbocycles. The Morgan fingerprint density at radius 2 is 1.64 bits per heavy atom. The summed E-state index contributed by atoms with van der Waals surface area (Å²) in [7, 11) is -3.90. The molecule has 1 N–H and O–H groups in total. The van der Waals surface area contributed by atoms with Gasteiger partial charge in [-0.1, -0.05) is 67.1 Å². The fraction of sp³-hybridized carbons (Fsp3) is 0.240. The number of nitrogens with one attached hydrogen (secondary N) is 1. The Labute approximate surface area is 205 Å². The number of carbonyl (C=O) groups is 1. The number of nitrogens with zero attached hydrogens (tertiary/aromatic N) is 1.